The molecule has 10 nitrogen and oxygen atoms in total. The second kappa shape index (κ2) is 8.11. The number of H-pyrrole nitrogens is 1. The number of fused-ring (bicyclic) bond motifs is 3. The van der Waals surface area contributed by atoms with Gasteiger partial charge in [0, 0.05) is 48.9 Å². The van der Waals surface area contributed by atoms with Crippen LogP contribution in [0.3, 0.4) is 0 Å². The summed E-state index contributed by atoms with van der Waals surface area (Å²) in [5, 5.41) is 12.7. The molecule has 4 aromatic rings. The van der Waals surface area contributed by atoms with Crippen molar-refractivity contribution in [2.45, 2.75) is 39.7 Å². The number of ether oxygens (including phenoxy) is 2. The van der Waals surface area contributed by atoms with Crippen LogP contribution in [0.5, 0.6) is 5.75 Å². The van der Waals surface area contributed by atoms with Crippen LogP contribution in [0.2, 0.25) is 0 Å². The van der Waals surface area contributed by atoms with Gasteiger partial charge >= 0.3 is 6.09 Å². The summed E-state index contributed by atoms with van der Waals surface area (Å²) >= 11 is 0. The number of aromatic amines is 1. The highest BCUT2D eigenvalue weighted by Gasteiger charge is 2.50. The molecule has 0 unspecified atom stereocenters. The zero-order valence-electron chi connectivity index (χ0n) is 21.1. The third-order valence-corrected chi connectivity index (χ3v) is 6.94. The Morgan fingerprint density at radius 2 is 2.03 bits per heavy atom. The number of carbonyl (C=O) groups excluding carboxylic acids is 1. The van der Waals surface area contributed by atoms with Crippen LogP contribution in [-0.2, 0) is 4.74 Å². The van der Waals surface area contributed by atoms with Crippen LogP contribution >= 0.6 is 0 Å². The van der Waals surface area contributed by atoms with Crippen molar-refractivity contribution in [2.24, 2.45) is 5.41 Å². The van der Waals surface area contributed by atoms with Gasteiger partial charge in [0.05, 0.1) is 29.9 Å². The first-order valence-electron chi connectivity index (χ1n) is 12.4. The van der Waals surface area contributed by atoms with Gasteiger partial charge in [-0.15, -0.1) is 5.10 Å². The van der Waals surface area contributed by atoms with E-state index in [9.17, 15) is 4.79 Å². The molecule has 0 bridgehead atoms. The van der Waals surface area contributed by atoms with Gasteiger partial charge in [-0.05, 0) is 52.3 Å². The van der Waals surface area contributed by atoms with E-state index in [0.717, 1.165) is 71.8 Å². The zero-order valence-corrected chi connectivity index (χ0v) is 21.1. The third kappa shape index (κ3) is 3.90. The average molecular weight is 490 g/mol. The van der Waals surface area contributed by atoms with Crippen LogP contribution in [0.25, 0.3) is 27.7 Å². The monoisotopic (exact) mass is 489 g/mol. The lowest BCUT2D eigenvalue weighted by Gasteiger charge is -2.47. The highest BCUT2D eigenvalue weighted by Crippen LogP contribution is 2.41. The summed E-state index contributed by atoms with van der Waals surface area (Å²) in [6, 6.07) is 6.21. The Kier molecular flexibility index (Phi) is 5.10. The molecular weight excluding hydrogens is 458 g/mol. The minimum atomic E-state index is -0.471. The number of likely N-dealkylation sites (tertiary alicyclic amines) is 1. The Bertz CT molecular complexity index is 1430. The van der Waals surface area contributed by atoms with E-state index in [-0.39, 0.29) is 11.5 Å². The van der Waals surface area contributed by atoms with Crippen molar-refractivity contribution in [1.82, 2.24) is 29.7 Å². The van der Waals surface area contributed by atoms with Crippen molar-refractivity contribution >= 4 is 28.5 Å². The molecule has 36 heavy (non-hydrogen) atoms. The molecule has 1 N–H and O–H groups in total. The first-order chi connectivity index (χ1) is 17.2. The lowest BCUT2D eigenvalue weighted by atomic mass is 9.79. The van der Waals surface area contributed by atoms with Gasteiger partial charge in [-0.2, -0.15) is 5.10 Å². The van der Waals surface area contributed by atoms with E-state index in [4.69, 9.17) is 14.5 Å². The fourth-order valence-corrected chi connectivity index (χ4v) is 5.35. The number of carbonyl (C=O) groups is 1. The van der Waals surface area contributed by atoms with Gasteiger partial charge in [-0.3, -0.25) is 5.10 Å². The molecule has 0 aliphatic carbocycles. The second-order valence-electron chi connectivity index (χ2n) is 10.9. The van der Waals surface area contributed by atoms with Gasteiger partial charge in [0.1, 0.15) is 17.2 Å². The van der Waals surface area contributed by atoms with E-state index < -0.39 is 5.60 Å². The molecule has 0 radical (unpaired) electrons. The van der Waals surface area contributed by atoms with E-state index in [1.54, 1.807) is 6.20 Å². The summed E-state index contributed by atoms with van der Waals surface area (Å²) in [5.41, 5.74) is 3.34. The van der Waals surface area contributed by atoms with Crippen molar-refractivity contribution in [1.29, 1.82) is 0 Å². The first kappa shape index (κ1) is 22.6. The number of pyridine rings is 2. The Labute approximate surface area is 209 Å². The molecule has 4 aromatic heterocycles. The van der Waals surface area contributed by atoms with E-state index >= 15 is 0 Å². The molecule has 0 aromatic carbocycles. The molecule has 2 fully saturated rings. The fourth-order valence-electron chi connectivity index (χ4n) is 5.35. The third-order valence-electron chi connectivity index (χ3n) is 6.94. The molecule has 10 heteroatoms. The Balaban J connectivity index is 1.21. The lowest BCUT2D eigenvalue weighted by molar-refractivity contribution is -0.0266. The smallest absolute Gasteiger partial charge is 0.410 e. The summed E-state index contributed by atoms with van der Waals surface area (Å²) in [7, 11) is 0. The Morgan fingerprint density at radius 1 is 1.19 bits per heavy atom. The van der Waals surface area contributed by atoms with Gasteiger partial charge in [0.2, 0.25) is 0 Å². The molecule has 1 amide bonds. The van der Waals surface area contributed by atoms with E-state index in [2.05, 4.69) is 32.3 Å². The maximum atomic E-state index is 12.4. The largest absolute Gasteiger partial charge is 0.492 e. The maximum absolute atomic E-state index is 12.4. The summed E-state index contributed by atoms with van der Waals surface area (Å²) < 4.78 is 13.2. The summed E-state index contributed by atoms with van der Waals surface area (Å²) in [6.45, 7) is 11.5. The first-order valence-corrected chi connectivity index (χ1v) is 12.4. The molecule has 2 aliphatic rings. The molecule has 2 aliphatic heterocycles. The number of nitrogens with zero attached hydrogens (tertiary/aromatic N) is 6. The van der Waals surface area contributed by atoms with Gasteiger partial charge in [-0.1, -0.05) is 0 Å². The molecule has 6 heterocycles. The second-order valence-corrected chi connectivity index (χ2v) is 10.9. The normalized spacial score (nSPS) is 17.2. The minimum absolute atomic E-state index is 0.125. The lowest BCUT2D eigenvalue weighted by Crippen LogP contribution is -2.60. The van der Waals surface area contributed by atoms with E-state index in [1.165, 1.54) is 0 Å². The standard InChI is InChI=1S/C26H31N7O3/c1-5-35-18-10-19(22-20-12-28-29-23(20)30-33(22)13-18)17-6-7-21(27-11-17)31-9-8-26(14-31)15-32(16-26)24(34)36-25(2,3)4/h6-7,10-13H,5,8-9,14-16H2,1-4H3,(H,29,30). The quantitative estimate of drug-likeness (QED) is 0.460. The van der Waals surface area contributed by atoms with Crippen LogP contribution in [0, 0.1) is 5.41 Å². The molecule has 0 saturated carbocycles. The van der Waals surface area contributed by atoms with Crippen molar-refractivity contribution in [3.8, 4) is 16.9 Å². The summed E-state index contributed by atoms with van der Waals surface area (Å²) in [6.07, 6.45) is 6.42. The summed E-state index contributed by atoms with van der Waals surface area (Å²) in [4.78, 5) is 21.3. The average Bonchev–Trinajstić information content (AvgIpc) is 3.51. The number of amides is 1. The topological polar surface area (TPSA) is 101 Å². The number of anilines is 1. The van der Waals surface area contributed by atoms with Crippen molar-refractivity contribution in [2.75, 3.05) is 37.7 Å². The zero-order chi connectivity index (χ0) is 25.1. The highest BCUT2D eigenvalue weighted by molar-refractivity contribution is 6.00. The molecule has 0 atom stereocenters. The van der Waals surface area contributed by atoms with Crippen LogP contribution in [0.4, 0.5) is 10.6 Å². The van der Waals surface area contributed by atoms with Gasteiger partial charge in [0.25, 0.3) is 0 Å². The minimum Gasteiger partial charge on any atom is -0.492 e. The predicted octanol–water partition coefficient (Wildman–Crippen LogP) is 4.12. The number of rotatable bonds is 4. The maximum Gasteiger partial charge on any atom is 0.410 e. The number of hydrogen-bond donors (Lipinski definition) is 1. The number of hydrogen-bond acceptors (Lipinski definition) is 7. The highest BCUT2D eigenvalue weighted by atomic mass is 16.6. The van der Waals surface area contributed by atoms with Gasteiger partial charge in [-0.25, -0.2) is 14.3 Å². The molecule has 1 spiro atoms. The van der Waals surface area contributed by atoms with Crippen molar-refractivity contribution < 1.29 is 14.3 Å². The van der Waals surface area contributed by atoms with E-state index in [1.807, 2.05) is 55.6 Å². The SMILES string of the molecule is CCOc1cc(-c2ccc(N3CCC4(CN(C(=O)OC(C)(C)C)C4)C3)nc2)c2c3cn[nH]c3nn2c1. The number of aromatic nitrogens is 5. The molecule has 6 rings (SSSR count). The Morgan fingerprint density at radius 3 is 2.75 bits per heavy atom. The van der Waals surface area contributed by atoms with Gasteiger partial charge < -0.3 is 19.3 Å². The molecule has 188 valence electrons. The van der Waals surface area contributed by atoms with Crippen molar-refractivity contribution in [3.63, 3.8) is 0 Å². The fraction of sp³-hybridized carbons (Fsp3) is 0.462. The van der Waals surface area contributed by atoms with Crippen LogP contribution in [0.1, 0.15) is 34.1 Å². The Hall–Kier alpha value is -3.82. The predicted molar refractivity (Wildman–Crippen MR) is 136 cm³/mol. The number of nitrogens with one attached hydrogen (secondary N) is 1. The van der Waals surface area contributed by atoms with E-state index in [0.29, 0.717) is 6.61 Å². The molecule has 2 saturated heterocycles. The van der Waals surface area contributed by atoms with Crippen LogP contribution in [0.15, 0.2) is 36.8 Å². The van der Waals surface area contributed by atoms with Gasteiger partial charge in [0.15, 0.2) is 5.65 Å². The summed E-state index contributed by atoms with van der Waals surface area (Å²) in [5.74, 6) is 1.70. The van der Waals surface area contributed by atoms with Crippen LogP contribution in [-0.4, -0.2) is 74.2 Å². The van der Waals surface area contributed by atoms with Crippen molar-refractivity contribution in [3.05, 3.63) is 36.8 Å². The molecular formula is C26H31N7O3. The van der Waals surface area contributed by atoms with Crippen LogP contribution < -0.4 is 9.64 Å².